The zero-order valence-electron chi connectivity index (χ0n) is 12.9. The van der Waals surface area contributed by atoms with Crippen LogP contribution in [-0.2, 0) is 6.54 Å². The molecule has 114 valence electrons. The summed E-state index contributed by atoms with van der Waals surface area (Å²) >= 11 is 2.06. The standard InChI is InChI=1S/C15H27N3OS/c1-4-7-16-14(12-6-9-20-11-12)15-13(19-3)10-17-18(15)8-5-2/h10,12,14,16H,4-9,11H2,1-3H3. The molecule has 0 amide bonds. The topological polar surface area (TPSA) is 39.1 Å². The normalized spacial score (nSPS) is 20.2. The van der Waals surface area contributed by atoms with Crippen molar-refractivity contribution in [2.24, 2.45) is 5.92 Å². The van der Waals surface area contributed by atoms with E-state index in [9.17, 15) is 0 Å². The van der Waals surface area contributed by atoms with Gasteiger partial charge in [0.15, 0.2) is 5.75 Å². The number of rotatable bonds is 8. The third-order valence-electron chi connectivity index (χ3n) is 3.85. The maximum absolute atomic E-state index is 5.56. The van der Waals surface area contributed by atoms with Gasteiger partial charge in [0.2, 0.25) is 0 Å². The van der Waals surface area contributed by atoms with E-state index in [1.165, 1.54) is 23.6 Å². The summed E-state index contributed by atoms with van der Waals surface area (Å²) < 4.78 is 7.70. The molecule has 1 aromatic rings. The van der Waals surface area contributed by atoms with Crippen LogP contribution in [-0.4, -0.2) is 34.9 Å². The molecule has 5 heteroatoms. The minimum absolute atomic E-state index is 0.369. The Morgan fingerprint density at radius 1 is 1.50 bits per heavy atom. The molecule has 2 unspecified atom stereocenters. The molecule has 1 aliphatic heterocycles. The summed E-state index contributed by atoms with van der Waals surface area (Å²) in [5.74, 6) is 4.14. The molecular formula is C15H27N3OS. The summed E-state index contributed by atoms with van der Waals surface area (Å²) in [6, 6.07) is 0.369. The molecule has 20 heavy (non-hydrogen) atoms. The third kappa shape index (κ3) is 3.50. The molecule has 1 fully saturated rings. The Kier molecular flexibility index (Phi) is 6.23. The zero-order valence-corrected chi connectivity index (χ0v) is 13.7. The molecule has 0 bridgehead atoms. The van der Waals surface area contributed by atoms with Crippen molar-refractivity contribution in [1.29, 1.82) is 0 Å². The zero-order chi connectivity index (χ0) is 14.4. The van der Waals surface area contributed by atoms with Crippen molar-refractivity contribution in [3.8, 4) is 5.75 Å². The quantitative estimate of drug-likeness (QED) is 0.800. The summed E-state index contributed by atoms with van der Waals surface area (Å²) in [7, 11) is 1.75. The Hall–Kier alpha value is -0.680. The lowest BCUT2D eigenvalue weighted by Crippen LogP contribution is -2.31. The monoisotopic (exact) mass is 297 g/mol. The second-order valence-corrected chi connectivity index (χ2v) is 6.53. The molecule has 0 spiro atoms. The number of aromatic nitrogens is 2. The maximum Gasteiger partial charge on any atom is 0.161 e. The third-order valence-corrected chi connectivity index (χ3v) is 5.03. The largest absolute Gasteiger partial charge is 0.493 e. The van der Waals surface area contributed by atoms with Crippen LogP contribution in [0.2, 0.25) is 0 Å². The first-order valence-electron chi connectivity index (χ1n) is 7.72. The van der Waals surface area contributed by atoms with Gasteiger partial charge >= 0.3 is 0 Å². The summed E-state index contributed by atoms with van der Waals surface area (Å²) in [5, 5.41) is 8.26. The fraction of sp³-hybridized carbons (Fsp3) is 0.800. The van der Waals surface area contributed by atoms with Gasteiger partial charge in [0.1, 0.15) is 0 Å². The van der Waals surface area contributed by atoms with Gasteiger partial charge in [-0.3, -0.25) is 4.68 Å². The Morgan fingerprint density at radius 2 is 2.35 bits per heavy atom. The highest BCUT2D eigenvalue weighted by Gasteiger charge is 2.31. The van der Waals surface area contributed by atoms with Gasteiger partial charge in [-0.2, -0.15) is 16.9 Å². The molecule has 0 radical (unpaired) electrons. The summed E-state index contributed by atoms with van der Waals surface area (Å²) in [6.07, 6.45) is 5.40. The highest BCUT2D eigenvalue weighted by Crippen LogP contribution is 2.37. The van der Waals surface area contributed by atoms with Crippen LogP contribution in [0.15, 0.2) is 6.20 Å². The van der Waals surface area contributed by atoms with Gasteiger partial charge < -0.3 is 10.1 Å². The van der Waals surface area contributed by atoms with Crippen molar-refractivity contribution in [1.82, 2.24) is 15.1 Å². The van der Waals surface area contributed by atoms with Crippen LogP contribution in [0.5, 0.6) is 5.75 Å². The van der Waals surface area contributed by atoms with E-state index in [1.54, 1.807) is 7.11 Å². The van der Waals surface area contributed by atoms with Crippen molar-refractivity contribution >= 4 is 11.8 Å². The first-order valence-corrected chi connectivity index (χ1v) is 8.88. The molecule has 1 N–H and O–H groups in total. The van der Waals surface area contributed by atoms with E-state index in [-0.39, 0.29) is 0 Å². The van der Waals surface area contributed by atoms with Crippen molar-refractivity contribution in [2.75, 3.05) is 25.2 Å². The van der Waals surface area contributed by atoms with Crippen LogP contribution in [0.25, 0.3) is 0 Å². The van der Waals surface area contributed by atoms with Crippen molar-refractivity contribution in [2.45, 2.75) is 45.7 Å². The molecule has 4 nitrogen and oxygen atoms in total. The predicted molar refractivity (Wildman–Crippen MR) is 85.5 cm³/mol. The fourth-order valence-corrected chi connectivity index (χ4v) is 4.14. The van der Waals surface area contributed by atoms with E-state index in [1.807, 2.05) is 6.20 Å². The predicted octanol–water partition coefficient (Wildman–Crippen LogP) is 3.10. The molecule has 2 atom stereocenters. The molecule has 2 heterocycles. The van der Waals surface area contributed by atoms with Crippen LogP contribution in [0, 0.1) is 5.92 Å². The van der Waals surface area contributed by atoms with Gasteiger partial charge in [-0.1, -0.05) is 13.8 Å². The molecule has 1 aromatic heterocycles. The van der Waals surface area contributed by atoms with Crippen molar-refractivity contribution in [3.63, 3.8) is 0 Å². The second-order valence-electron chi connectivity index (χ2n) is 5.38. The van der Waals surface area contributed by atoms with E-state index in [2.05, 4.69) is 40.7 Å². The number of ether oxygens (including phenoxy) is 1. The number of nitrogens with one attached hydrogen (secondary N) is 1. The van der Waals surface area contributed by atoms with E-state index in [4.69, 9.17) is 4.74 Å². The molecule has 0 aliphatic carbocycles. The summed E-state index contributed by atoms with van der Waals surface area (Å²) in [5.41, 5.74) is 1.25. The maximum atomic E-state index is 5.56. The van der Waals surface area contributed by atoms with Crippen LogP contribution in [0.4, 0.5) is 0 Å². The molecule has 0 saturated carbocycles. The number of hydrogen-bond donors (Lipinski definition) is 1. The first-order chi connectivity index (χ1) is 9.81. The highest BCUT2D eigenvalue weighted by molar-refractivity contribution is 7.99. The Labute approximate surface area is 126 Å². The number of nitrogens with zero attached hydrogens (tertiary/aromatic N) is 2. The molecule has 1 saturated heterocycles. The lowest BCUT2D eigenvalue weighted by Gasteiger charge is -2.26. The SMILES string of the molecule is CCCNC(c1c(OC)cnn1CCC)C1CCSC1. The van der Waals surface area contributed by atoms with Crippen molar-refractivity contribution < 1.29 is 4.74 Å². The Bertz CT molecular complexity index is 402. The average Bonchev–Trinajstić information content (AvgIpc) is 3.10. The van der Waals surface area contributed by atoms with Crippen LogP contribution < -0.4 is 10.1 Å². The van der Waals surface area contributed by atoms with Crippen LogP contribution in [0.1, 0.15) is 44.8 Å². The minimum Gasteiger partial charge on any atom is -0.493 e. The number of thioether (sulfide) groups is 1. The van der Waals surface area contributed by atoms with Crippen molar-refractivity contribution in [3.05, 3.63) is 11.9 Å². The number of hydrogen-bond acceptors (Lipinski definition) is 4. The van der Waals surface area contributed by atoms with E-state index in [0.29, 0.717) is 12.0 Å². The number of aryl methyl sites for hydroxylation is 1. The van der Waals surface area contributed by atoms with E-state index in [0.717, 1.165) is 31.7 Å². The lowest BCUT2D eigenvalue weighted by molar-refractivity contribution is 0.341. The molecular weight excluding hydrogens is 270 g/mol. The van der Waals surface area contributed by atoms with Gasteiger partial charge in [-0.05, 0) is 43.2 Å². The van der Waals surface area contributed by atoms with Crippen LogP contribution in [0.3, 0.4) is 0 Å². The second kappa shape index (κ2) is 7.93. The fourth-order valence-electron chi connectivity index (χ4n) is 2.84. The van der Waals surface area contributed by atoms with Gasteiger partial charge in [-0.15, -0.1) is 0 Å². The highest BCUT2D eigenvalue weighted by atomic mass is 32.2. The Balaban J connectivity index is 2.27. The van der Waals surface area contributed by atoms with Gasteiger partial charge in [-0.25, -0.2) is 0 Å². The van der Waals surface area contributed by atoms with E-state index < -0.39 is 0 Å². The average molecular weight is 297 g/mol. The number of methoxy groups -OCH3 is 1. The van der Waals surface area contributed by atoms with E-state index >= 15 is 0 Å². The Morgan fingerprint density at radius 3 is 2.95 bits per heavy atom. The summed E-state index contributed by atoms with van der Waals surface area (Å²) in [6.45, 7) is 6.42. The smallest absolute Gasteiger partial charge is 0.161 e. The molecule has 1 aliphatic rings. The van der Waals surface area contributed by atoms with Gasteiger partial charge in [0.05, 0.1) is 25.0 Å². The summed E-state index contributed by atoms with van der Waals surface area (Å²) in [4.78, 5) is 0. The van der Waals surface area contributed by atoms with Gasteiger partial charge in [0, 0.05) is 6.54 Å². The minimum atomic E-state index is 0.369. The molecule has 0 aromatic carbocycles. The molecule has 2 rings (SSSR count). The first kappa shape index (κ1) is 15.7. The van der Waals surface area contributed by atoms with Gasteiger partial charge in [0.25, 0.3) is 0 Å². The van der Waals surface area contributed by atoms with Crippen LogP contribution >= 0.6 is 11.8 Å². The lowest BCUT2D eigenvalue weighted by atomic mass is 9.95.